The lowest BCUT2D eigenvalue weighted by molar-refractivity contribution is -0.122. The Hall–Kier alpha value is -4.06. The topological polar surface area (TPSA) is 54.4 Å². The van der Waals surface area contributed by atoms with Gasteiger partial charge >= 0.3 is 6.02 Å². The molecule has 0 radical (unpaired) electrons. The molecule has 1 fully saturated rings. The second kappa shape index (κ2) is 10.9. The quantitative estimate of drug-likeness (QED) is 0.394. The Bertz CT molecular complexity index is 1200. The molecule has 6 heteroatoms. The Morgan fingerprint density at radius 1 is 0.943 bits per heavy atom. The van der Waals surface area contributed by atoms with Crippen LogP contribution in [0, 0.1) is 0 Å². The molecule has 180 valence electrons. The fourth-order valence-corrected chi connectivity index (χ4v) is 3.63. The lowest BCUT2D eigenvalue weighted by atomic mass is 10.1. The summed E-state index contributed by atoms with van der Waals surface area (Å²) in [5, 5.41) is 0. The molecule has 3 aromatic carbocycles. The normalized spacial score (nSPS) is 15.7. The molecule has 35 heavy (non-hydrogen) atoms. The second-order valence-corrected chi connectivity index (χ2v) is 8.87. The largest absolute Gasteiger partial charge is 0.457 e. The summed E-state index contributed by atoms with van der Waals surface area (Å²) in [7, 11) is 3.99. The van der Waals surface area contributed by atoms with Gasteiger partial charge in [0.15, 0.2) is 5.76 Å². The Morgan fingerprint density at radius 3 is 2.23 bits per heavy atom. The maximum atomic E-state index is 13.2. The average Bonchev–Trinajstić information content (AvgIpc) is 3.12. The average molecular weight is 470 g/mol. The predicted octanol–water partition coefficient (Wildman–Crippen LogP) is 5.75. The molecule has 0 atom stereocenters. The lowest BCUT2D eigenvalue weighted by Gasteiger charge is -2.14. The molecule has 1 amide bonds. The lowest BCUT2D eigenvalue weighted by Crippen LogP contribution is -2.32. The van der Waals surface area contributed by atoms with E-state index >= 15 is 0 Å². The molecule has 1 saturated heterocycles. The Kier molecular flexibility index (Phi) is 7.51. The van der Waals surface area contributed by atoms with Gasteiger partial charge in [0, 0.05) is 32.4 Å². The van der Waals surface area contributed by atoms with Crippen LogP contribution in [-0.2, 0) is 16.0 Å². The van der Waals surface area contributed by atoms with Crippen LogP contribution in [0.1, 0.15) is 25.0 Å². The first kappa shape index (κ1) is 24.1. The summed E-state index contributed by atoms with van der Waals surface area (Å²) in [6, 6.07) is 25.9. The number of carbonyl (C=O) groups excluding carboxylic acids is 1. The molecule has 3 aromatic rings. The van der Waals surface area contributed by atoms with Gasteiger partial charge < -0.3 is 14.4 Å². The maximum Gasteiger partial charge on any atom is 0.300 e. The first-order valence-electron chi connectivity index (χ1n) is 11.8. The summed E-state index contributed by atoms with van der Waals surface area (Å²) in [4.78, 5) is 21.4. The van der Waals surface area contributed by atoms with Crippen LogP contribution in [0.25, 0.3) is 6.08 Å². The Labute approximate surface area is 207 Å². The van der Waals surface area contributed by atoms with Gasteiger partial charge in [-0.25, -0.2) is 4.99 Å². The zero-order valence-electron chi connectivity index (χ0n) is 20.6. The highest BCUT2D eigenvalue weighted by molar-refractivity contribution is 6.11. The molecular formula is C29H31N3O3. The minimum absolute atomic E-state index is 0.00782. The van der Waals surface area contributed by atoms with Gasteiger partial charge in [-0.2, -0.15) is 0 Å². The van der Waals surface area contributed by atoms with Crippen molar-refractivity contribution in [1.29, 1.82) is 0 Å². The Morgan fingerprint density at radius 2 is 1.60 bits per heavy atom. The van der Waals surface area contributed by atoms with E-state index in [1.54, 1.807) is 11.0 Å². The van der Waals surface area contributed by atoms with E-state index in [2.05, 4.69) is 4.99 Å². The van der Waals surface area contributed by atoms with E-state index in [4.69, 9.17) is 9.47 Å². The van der Waals surface area contributed by atoms with E-state index in [-0.39, 0.29) is 17.7 Å². The van der Waals surface area contributed by atoms with E-state index in [1.165, 1.54) is 0 Å². The van der Waals surface area contributed by atoms with Gasteiger partial charge in [0.25, 0.3) is 5.91 Å². The van der Waals surface area contributed by atoms with Crippen molar-refractivity contribution >= 4 is 23.7 Å². The zero-order chi connectivity index (χ0) is 24.8. The number of para-hydroxylation sites is 1. The van der Waals surface area contributed by atoms with Gasteiger partial charge in [0.05, 0.1) is 0 Å². The second-order valence-electron chi connectivity index (χ2n) is 8.87. The van der Waals surface area contributed by atoms with Crippen LogP contribution >= 0.6 is 0 Å². The molecule has 0 N–H and O–H groups in total. The molecule has 1 aliphatic heterocycles. The van der Waals surface area contributed by atoms with Gasteiger partial charge in [-0.15, -0.1) is 0 Å². The van der Waals surface area contributed by atoms with Crippen LogP contribution in [0.4, 0.5) is 5.69 Å². The molecule has 1 aliphatic rings. The van der Waals surface area contributed by atoms with Gasteiger partial charge in [-0.1, -0.05) is 42.5 Å². The number of amidine groups is 1. The number of hydrogen-bond acceptors (Lipinski definition) is 5. The third-order valence-electron chi connectivity index (χ3n) is 5.49. The van der Waals surface area contributed by atoms with Crippen molar-refractivity contribution in [2.45, 2.75) is 26.3 Å². The molecule has 0 aromatic heterocycles. The van der Waals surface area contributed by atoms with E-state index < -0.39 is 0 Å². The number of hydrogen-bond donors (Lipinski definition) is 0. The number of amides is 1. The number of aliphatic imine (C=N–C) groups is 1. The van der Waals surface area contributed by atoms with Crippen LogP contribution in [0.5, 0.6) is 11.5 Å². The smallest absolute Gasteiger partial charge is 0.300 e. The fourth-order valence-electron chi connectivity index (χ4n) is 3.63. The van der Waals surface area contributed by atoms with Crippen molar-refractivity contribution in [1.82, 2.24) is 4.90 Å². The van der Waals surface area contributed by atoms with Crippen LogP contribution < -0.4 is 9.64 Å². The standard InChI is InChI=1S/C29H31N3O3/c1-21(2)30-29-32(28(33)27(35-29)20-23-10-14-24(15-11-23)31(3)4)19-18-22-12-16-26(17-13-22)34-25-8-6-5-7-9-25/h5-17,20-21H,18-19H2,1-4H3/b27-20+,30-29?. The molecule has 0 unspecified atom stereocenters. The summed E-state index contributed by atoms with van der Waals surface area (Å²) >= 11 is 0. The first-order chi connectivity index (χ1) is 16.9. The molecule has 1 heterocycles. The number of carbonyl (C=O) groups is 1. The number of ether oxygens (including phenoxy) is 2. The number of benzene rings is 3. The minimum atomic E-state index is -0.176. The van der Waals surface area contributed by atoms with Crippen LogP contribution in [-0.4, -0.2) is 43.5 Å². The minimum Gasteiger partial charge on any atom is -0.457 e. The summed E-state index contributed by atoms with van der Waals surface area (Å²) in [6.07, 6.45) is 2.44. The van der Waals surface area contributed by atoms with Crippen LogP contribution in [0.3, 0.4) is 0 Å². The number of nitrogens with zero attached hydrogens (tertiary/aromatic N) is 3. The third kappa shape index (κ3) is 6.29. The molecule has 4 rings (SSSR count). The van der Waals surface area contributed by atoms with Gasteiger partial charge in [-0.05, 0) is 73.9 Å². The molecule has 0 bridgehead atoms. The Balaban J connectivity index is 1.45. The van der Waals surface area contributed by atoms with Gasteiger partial charge in [-0.3, -0.25) is 9.69 Å². The van der Waals surface area contributed by atoms with Crippen molar-refractivity contribution in [2.75, 3.05) is 25.5 Å². The number of rotatable bonds is 8. The summed E-state index contributed by atoms with van der Waals surface area (Å²) in [6.45, 7) is 4.40. The van der Waals surface area contributed by atoms with Crippen molar-refractivity contribution < 1.29 is 14.3 Å². The van der Waals surface area contributed by atoms with Crippen molar-refractivity contribution in [3.63, 3.8) is 0 Å². The highest BCUT2D eigenvalue weighted by Crippen LogP contribution is 2.24. The van der Waals surface area contributed by atoms with E-state index in [9.17, 15) is 4.79 Å². The molecule has 0 spiro atoms. The summed E-state index contributed by atoms with van der Waals surface area (Å²) in [5.41, 5.74) is 3.09. The third-order valence-corrected chi connectivity index (χ3v) is 5.49. The van der Waals surface area contributed by atoms with Crippen molar-refractivity contribution in [3.8, 4) is 11.5 Å². The monoisotopic (exact) mass is 469 g/mol. The van der Waals surface area contributed by atoms with E-state index in [0.29, 0.717) is 19.0 Å². The number of anilines is 1. The molecule has 0 aliphatic carbocycles. The SMILES string of the molecule is CC(C)N=C1O/C(=C/c2ccc(N(C)C)cc2)C(=O)N1CCc1ccc(Oc2ccccc2)cc1. The van der Waals surface area contributed by atoms with E-state index in [0.717, 1.165) is 28.3 Å². The van der Waals surface area contributed by atoms with Gasteiger partial charge in [0.1, 0.15) is 11.5 Å². The highest BCUT2D eigenvalue weighted by Gasteiger charge is 2.34. The molecule has 0 saturated carbocycles. The maximum absolute atomic E-state index is 13.2. The van der Waals surface area contributed by atoms with E-state index in [1.807, 2.05) is 112 Å². The predicted molar refractivity (Wildman–Crippen MR) is 141 cm³/mol. The first-order valence-corrected chi connectivity index (χ1v) is 11.8. The summed E-state index contributed by atoms with van der Waals surface area (Å²) < 4.78 is 11.8. The van der Waals surface area contributed by atoms with Crippen LogP contribution in [0.2, 0.25) is 0 Å². The van der Waals surface area contributed by atoms with Crippen molar-refractivity contribution in [2.24, 2.45) is 4.99 Å². The molecular weight excluding hydrogens is 438 g/mol. The summed E-state index contributed by atoms with van der Waals surface area (Å²) in [5.74, 6) is 1.68. The highest BCUT2D eigenvalue weighted by atomic mass is 16.5. The molecule has 6 nitrogen and oxygen atoms in total. The zero-order valence-corrected chi connectivity index (χ0v) is 20.6. The van der Waals surface area contributed by atoms with Gasteiger partial charge in [0.2, 0.25) is 0 Å². The fraction of sp³-hybridized carbons (Fsp3) is 0.241. The van der Waals surface area contributed by atoms with Crippen molar-refractivity contribution in [3.05, 3.63) is 95.7 Å². The van der Waals surface area contributed by atoms with Crippen LogP contribution in [0.15, 0.2) is 89.6 Å².